The zero-order chi connectivity index (χ0) is 20.3. The maximum atomic E-state index is 13.6. The van der Waals surface area contributed by atoms with Crippen molar-refractivity contribution in [3.8, 4) is 0 Å². The summed E-state index contributed by atoms with van der Waals surface area (Å²) in [5.74, 6) is -0.0541. The van der Waals surface area contributed by atoms with Crippen LogP contribution in [0.1, 0.15) is 80.6 Å². The molecule has 0 spiro atoms. The second-order valence-corrected chi connectivity index (χ2v) is 9.17. The molecule has 3 aliphatic rings. The lowest BCUT2D eigenvalue weighted by atomic mass is 9.82. The summed E-state index contributed by atoms with van der Waals surface area (Å²) in [6, 6.07) is 7.94. The standard InChI is InChI=1S/C24H34N2O3/c1-24(23(28)25-19-11-5-3-2-4-6-12-19)16-18-10-7-8-14-21(18)22(27)26(24)17-20-13-9-15-29-20/h7-8,10,14,19-20H,2-6,9,11-13,15-17H2,1H3,(H,25,28)/t20-,24-/m0/s1. The van der Waals surface area contributed by atoms with Crippen LogP contribution < -0.4 is 5.32 Å². The molecule has 2 aliphatic heterocycles. The van der Waals surface area contributed by atoms with Crippen molar-refractivity contribution in [2.75, 3.05) is 13.2 Å². The van der Waals surface area contributed by atoms with Crippen molar-refractivity contribution in [3.63, 3.8) is 0 Å². The monoisotopic (exact) mass is 398 g/mol. The Balaban J connectivity index is 1.57. The van der Waals surface area contributed by atoms with Crippen molar-refractivity contribution in [3.05, 3.63) is 35.4 Å². The van der Waals surface area contributed by atoms with Crippen molar-refractivity contribution in [2.45, 2.75) is 88.8 Å². The number of nitrogens with one attached hydrogen (secondary N) is 1. The number of rotatable bonds is 4. The highest BCUT2D eigenvalue weighted by Crippen LogP contribution is 2.33. The van der Waals surface area contributed by atoms with Crippen molar-refractivity contribution in [1.82, 2.24) is 10.2 Å². The minimum absolute atomic E-state index is 0.0103. The van der Waals surface area contributed by atoms with E-state index in [1.807, 2.05) is 31.2 Å². The Labute approximate surface area is 174 Å². The molecule has 0 bridgehead atoms. The molecule has 29 heavy (non-hydrogen) atoms. The van der Waals surface area contributed by atoms with Gasteiger partial charge in [0.25, 0.3) is 5.91 Å². The number of nitrogens with zero attached hydrogens (tertiary/aromatic N) is 1. The molecule has 1 saturated carbocycles. The first kappa shape index (κ1) is 20.4. The van der Waals surface area contributed by atoms with Crippen LogP contribution in [-0.2, 0) is 16.0 Å². The van der Waals surface area contributed by atoms with Crippen molar-refractivity contribution >= 4 is 11.8 Å². The van der Waals surface area contributed by atoms with Crippen LogP contribution in [-0.4, -0.2) is 47.6 Å². The van der Waals surface area contributed by atoms with Gasteiger partial charge in [0, 0.05) is 31.2 Å². The molecule has 1 saturated heterocycles. The van der Waals surface area contributed by atoms with E-state index in [-0.39, 0.29) is 24.0 Å². The van der Waals surface area contributed by atoms with Crippen LogP contribution in [0.15, 0.2) is 24.3 Å². The number of ether oxygens (including phenoxy) is 1. The minimum Gasteiger partial charge on any atom is -0.376 e. The molecule has 5 nitrogen and oxygen atoms in total. The minimum atomic E-state index is -0.875. The highest BCUT2D eigenvalue weighted by molar-refractivity contribution is 6.02. The zero-order valence-electron chi connectivity index (χ0n) is 17.6. The van der Waals surface area contributed by atoms with Gasteiger partial charge in [-0.15, -0.1) is 0 Å². The molecule has 2 amide bonds. The molecule has 1 aromatic rings. The first-order chi connectivity index (χ1) is 14.1. The Morgan fingerprint density at radius 3 is 2.55 bits per heavy atom. The molecule has 5 heteroatoms. The van der Waals surface area contributed by atoms with Gasteiger partial charge in [-0.05, 0) is 44.2 Å². The third-order valence-corrected chi connectivity index (χ3v) is 6.96. The SMILES string of the molecule is C[C@@]1(C(=O)NC2CCCCCCC2)Cc2ccccc2C(=O)N1C[C@@H]1CCCO1. The average molecular weight is 399 g/mol. The fraction of sp³-hybridized carbons (Fsp3) is 0.667. The Hall–Kier alpha value is -1.88. The summed E-state index contributed by atoms with van der Waals surface area (Å²) in [7, 11) is 0. The van der Waals surface area contributed by atoms with E-state index in [9.17, 15) is 9.59 Å². The highest BCUT2D eigenvalue weighted by atomic mass is 16.5. The summed E-state index contributed by atoms with van der Waals surface area (Å²) in [6.45, 7) is 3.17. The van der Waals surface area contributed by atoms with E-state index in [1.165, 1.54) is 32.1 Å². The number of carbonyl (C=O) groups is 2. The molecule has 1 N–H and O–H groups in total. The second-order valence-electron chi connectivity index (χ2n) is 9.17. The van der Waals surface area contributed by atoms with E-state index >= 15 is 0 Å². The van der Waals surface area contributed by atoms with Gasteiger partial charge in [-0.1, -0.05) is 50.3 Å². The largest absolute Gasteiger partial charge is 0.376 e. The molecule has 1 aliphatic carbocycles. The van der Waals surface area contributed by atoms with Gasteiger partial charge >= 0.3 is 0 Å². The van der Waals surface area contributed by atoms with Gasteiger partial charge in [-0.25, -0.2) is 0 Å². The number of hydrogen-bond acceptors (Lipinski definition) is 3. The summed E-state index contributed by atoms with van der Waals surface area (Å²) in [5.41, 5.74) is 0.817. The number of benzene rings is 1. The van der Waals surface area contributed by atoms with Crippen LogP contribution in [0.4, 0.5) is 0 Å². The molecule has 2 fully saturated rings. The van der Waals surface area contributed by atoms with Crippen molar-refractivity contribution < 1.29 is 14.3 Å². The van der Waals surface area contributed by atoms with E-state index < -0.39 is 5.54 Å². The maximum Gasteiger partial charge on any atom is 0.255 e. The first-order valence-electron chi connectivity index (χ1n) is 11.4. The van der Waals surface area contributed by atoms with Crippen molar-refractivity contribution in [2.24, 2.45) is 0 Å². The summed E-state index contributed by atoms with van der Waals surface area (Å²) in [6.07, 6.45) is 10.8. The van der Waals surface area contributed by atoms with Crippen LogP contribution in [0.25, 0.3) is 0 Å². The zero-order valence-corrected chi connectivity index (χ0v) is 17.6. The van der Waals surface area contributed by atoms with Crippen molar-refractivity contribution in [1.29, 1.82) is 0 Å². The maximum absolute atomic E-state index is 13.6. The van der Waals surface area contributed by atoms with E-state index in [2.05, 4.69) is 5.32 Å². The van der Waals surface area contributed by atoms with Crippen LogP contribution in [0.5, 0.6) is 0 Å². The Kier molecular flexibility index (Phi) is 6.23. The number of hydrogen-bond donors (Lipinski definition) is 1. The van der Waals surface area contributed by atoms with E-state index in [1.54, 1.807) is 4.90 Å². The van der Waals surface area contributed by atoms with E-state index in [4.69, 9.17) is 4.74 Å². The first-order valence-corrected chi connectivity index (χ1v) is 11.4. The quantitative estimate of drug-likeness (QED) is 0.838. The molecule has 0 unspecified atom stereocenters. The molecular formula is C24H34N2O3. The third kappa shape index (κ3) is 4.35. The number of carbonyl (C=O) groups excluding carboxylic acids is 2. The molecule has 158 valence electrons. The Bertz CT molecular complexity index is 735. The van der Waals surface area contributed by atoms with Crippen LogP contribution in [0, 0.1) is 0 Å². The van der Waals surface area contributed by atoms with E-state index in [0.29, 0.717) is 13.0 Å². The summed E-state index contributed by atoms with van der Waals surface area (Å²) in [5, 5.41) is 3.33. The predicted octanol–water partition coefficient (Wildman–Crippen LogP) is 3.85. The predicted molar refractivity (Wildman–Crippen MR) is 113 cm³/mol. The van der Waals surface area contributed by atoms with Crippen LogP contribution in [0.3, 0.4) is 0 Å². The van der Waals surface area contributed by atoms with Gasteiger partial charge in [-0.2, -0.15) is 0 Å². The fourth-order valence-corrected chi connectivity index (χ4v) is 5.14. The van der Waals surface area contributed by atoms with Gasteiger partial charge in [0.1, 0.15) is 5.54 Å². The smallest absolute Gasteiger partial charge is 0.255 e. The van der Waals surface area contributed by atoms with E-state index in [0.717, 1.165) is 43.4 Å². The average Bonchev–Trinajstić information content (AvgIpc) is 3.20. The normalized spacial score (nSPS) is 28.5. The number of amides is 2. The molecule has 2 atom stereocenters. The molecule has 1 aromatic carbocycles. The van der Waals surface area contributed by atoms with Gasteiger partial charge in [-0.3, -0.25) is 9.59 Å². The lowest BCUT2D eigenvalue weighted by Crippen LogP contribution is -2.64. The Morgan fingerprint density at radius 2 is 1.83 bits per heavy atom. The molecular weight excluding hydrogens is 364 g/mol. The third-order valence-electron chi connectivity index (χ3n) is 6.96. The summed E-state index contributed by atoms with van der Waals surface area (Å²) < 4.78 is 5.82. The topological polar surface area (TPSA) is 58.6 Å². The van der Waals surface area contributed by atoms with Gasteiger partial charge in [0.2, 0.25) is 5.91 Å². The van der Waals surface area contributed by atoms with Crippen LogP contribution >= 0.6 is 0 Å². The molecule has 4 rings (SSSR count). The molecule has 2 heterocycles. The highest BCUT2D eigenvalue weighted by Gasteiger charge is 2.48. The van der Waals surface area contributed by atoms with Crippen LogP contribution in [0.2, 0.25) is 0 Å². The number of fused-ring (bicyclic) bond motifs is 1. The summed E-state index contributed by atoms with van der Waals surface area (Å²) >= 11 is 0. The molecule has 0 radical (unpaired) electrons. The Morgan fingerprint density at radius 1 is 1.10 bits per heavy atom. The lowest BCUT2D eigenvalue weighted by molar-refractivity contribution is -0.133. The molecule has 0 aromatic heterocycles. The second kappa shape index (κ2) is 8.86. The van der Waals surface area contributed by atoms with Gasteiger partial charge in [0.15, 0.2) is 0 Å². The fourth-order valence-electron chi connectivity index (χ4n) is 5.14. The lowest BCUT2D eigenvalue weighted by Gasteiger charge is -2.45. The summed E-state index contributed by atoms with van der Waals surface area (Å²) in [4.78, 5) is 28.8. The van der Waals surface area contributed by atoms with Gasteiger partial charge < -0.3 is 15.0 Å². The van der Waals surface area contributed by atoms with Gasteiger partial charge in [0.05, 0.1) is 6.10 Å².